The highest BCUT2D eigenvalue weighted by Crippen LogP contribution is 2.48. The molecule has 0 unspecified atom stereocenters. The van der Waals surface area contributed by atoms with Gasteiger partial charge < -0.3 is 10.6 Å². The minimum atomic E-state index is 0.183. The van der Waals surface area contributed by atoms with Crippen LogP contribution in [0.1, 0.15) is 35.4 Å². The average molecular weight is 360 g/mol. The Hall–Kier alpha value is -2.01. The van der Waals surface area contributed by atoms with Crippen molar-refractivity contribution in [2.24, 2.45) is 12.0 Å². The van der Waals surface area contributed by atoms with E-state index in [1.807, 2.05) is 30.8 Å². The van der Waals surface area contributed by atoms with Crippen LogP contribution in [-0.2, 0) is 19.0 Å². The summed E-state index contributed by atoms with van der Waals surface area (Å²) in [6.45, 7) is 5.71. The molecule has 1 heterocycles. The van der Waals surface area contributed by atoms with E-state index in [1.165, 1.54) is 29.7 Å². The highest BCUT2D eigenvalue weighted by atomic mass is 35.5. The number of aliphatic imine (C=N–C) groups is 1. The fourth-order valence-corrected chi connectivity index (χ4v) is 3.45. The molecule has 0 radical (unpaired) electrons. The van der Waals surface area contributed by atoms with E-state index in [0.29, 0.717) is 0 Å². The molecule has 134 valence electrons. The van der Waals surface area contributed by atoms with Crippen LogP contribution in [0.4, 0.5) is 0 Å². The van der Waals surface area contributed by atoms with Gasteiger partial charge in [-0.25, -0.2) is 0 Å². The zero-order valence-electron chi connectivity index (χ0n) is 15.4. The number of halogens is 1. The van der Waals surface area contributed by atoms with Crippen molar-refractivity contribution in [2.45, 2.75) is 38.6 Å². The first-order valence-electron chi connectivity index (χ1n) is 8.65. The molecule has 1 fully saturated rings. The Bertz CT molecular complexity index is 789. The topological polar surface area (TPSA) is 54.2 Å². The molecule has 25 heavy (non-hydrogen) atoms. The van der Waals surface area contributed by atoms with E-state index in [2.05, 4.69) is 39.8 Å². The highest BCUT2D eigenvalue weighted by molar-refractivity contribution is 6.30. The standard InChI is InChI=1S/C19H26ClN5/c1-13-17(14(2)25(4)24-13)11-22-18(21-3)23-12-19(8-9-19)15-6-5-7-16(20)10-15/h5-7,10H,8-9,11-12H2,1-4H3,(H2,21,22,23). The van der Waals surface area contributed by atoms with Crippen LogP contribution in [-0.4, -0.2) is 29.3 Å². The van der Waals surface area contributed by atoms with Crippen molar-refractivity contribution in [3.63, 3.8) is 0 Å². The quantitative estimate of drug-likeness (QED) is 0.637. The van der Waals surface area contributed by atoms with Crippen molar-refractivity contribution in [3.8, 4) is 0 Å². The minimum absolute atomic E-state index is 0.183. The van der Waals surface area contributed by atoms with Gasteiger partial charge in [0.2, 0.25) is 0 Å². The van der Waals surface area contributed by atoms with Crippen LogP contribution in [0.2, 0.25) is 5.02 Å². The summed E-state index contributed by atoms with van der Waals surface area (Å²) in [6.07, 6.45) is 2.36. The van der Waals surface area contributed by atoms with Crippen LogP contribution in [0.3, 0.4) is 0 Å². The summed E-state index contributed by atoms with van der Waals surface area (Å²) in [5.41, 5.74) is 4.95. The molecule has 2 aromatic rings. The van der Waals surface area contributed by atoms with Crippen LogP contribution >= 0.6 is 11.6 Å². The van der Waals surface area contributed by atoms with Gasteiger partial charge in [0.05, 0.1) is 5.69 Å². The van der Waals surface area contributed by atoms with Crippen molar-refractivity contribution >= 4 is 17.6 Å². The molecular weight excluding hydrogens is 334 g/mol. The van der Waals surface area contributed by atoms with Gasteiger partial charge in [0.25, 0.3) is 0 Å². The molecule has 0 amide bonds. The average Bonchev–Trinajstić information content (AvgIpc) is 3.34. The molecule has 0 atom stereocenters. The van der Waals surface area contributed by atoms with Crippen LogP contribution in [0.15, 0.2) is 29.3 Å². The molecule has 3 rings (SSSR count). The predicted octanol–water partition coefficient (Wildman–Crippen LogP) is 3.09. The second-order valence-corrected chi connectivity index (χ2v) is 7.28. The van der Waals surface area contributed by atoms with E-state index >= 15 is 0 Å². The largest absolute Gasteiger partial charge is 0.356 e. The predicted molar refractivity (Wildman–Crippen MR) is 103 cm³/mol. The summed E-state index contributed by atoms with van der Waals surface area (Å²) in [7, 11) is 3.78. The lowest BCUT2D eigenvalue weighted by Crippen LogP contribution is -2.41. The molecule has 0 saturated heterocycles. The van der Waals surface area contributed by atoms with E-state index in [0.717, 1.165) is 29.8 Å². The van der Waals surface area contributed by atoms with Crippen molar-refractivity contribution in [1.29, 1.82) is 0 Å². The molecule has 0 spiro atoms. The number of rotatable bonds is 5. The Balaban J connectivity index is 1.60. The molecule has 2 N–H and O–H groups in total. The van der Waals surface area contributed by atoms with Gasteiger partial charge in [-0.1, -0.05) is 23.7 Å². The number of aromatic nitrogens is 2. The summed E-state index contributed by atoms with van der Waals surface area (Å²) in [5, 5.41) is 12.1. The SMILES string of the molecule is CN=C(NCc1c(C)nn(C)c1C)NCC1(c2cccc(Cl)c2)CC1. The van der Waals surface area contributed by atoms with E-state index in [-0.39, 0.29) is 5.41 Å². The summed E-state index contributed by atoms with van der Waals surface area (Å²) >= 11 is 6.15. The first-order valence-corrected chi connectivity index (χ1v) is 9.02. The summed E-state index contributed by atoms with van der Waals surface area (Å²) in [5.74, 6) is 0.816. The normalized spacial score (nSPS) is 16.0. The summed E-state index contributed by atoms with van der Waals surface area (Å²) < 4.78 is 1.92. The number of hydrogen-bond donors (Lipinski definition) is 2. The molecule has 1 saturated carbocycles. The van der Waals surface area contributed by atoms with Crippen LogP contribution < -0.4 is 10.6 Å². The van der Waals surface area contributed by atoms with E-state index in [9.17, 15) is 0 Å². The number of benzene rings is 1. The van der Waals surface area contributed by atoms with Crippen molar-refractivity contribution < 1.29 is 0 Å². The highest BCUT2D eigenvalue weighted by Gasteiger charge is 2.44. The first-order chi connectivity index (χ1) is 11.9. The first kappa shape index (κ1) is 17.8. The zero-order chi connectivity index (χ0) is 18.0. The molecule has 1 aliphatic rings. The van der Waals surface area contributed by atoms with Gasteiger partial charge in [0, 0.05) is 48.9 Å². The number of guanidine groups is 1. The van der Waals surface area contributed by atoms with Crippen LogP contribution in [0, 0.1) is 13.8 Å². The fraction of sp³-hybridized carbons (Fsp3) is 0.474. The van der Waals surface area contributed by atoms with Crippen molar-refractivity contribution in [1.82, 2.24) is 20.4 Å². The third-order valence-electron chi connectivity index (χ3n) is 5.20. The van der Waals surface area contributed by atoms with E-state index < -0.39 is 0 Å². The van der Waals surface area contributed by atoms with E-state index in [4.69, 9.17) is 11.6 Å². The molecule has 1 aromatic heterocycles. The Morgan fingerprint density at radius 2 is 2.08 bits per heavy atom. The Morgan fingerprint density at radius 1 is 1.32 bits per heavy atom. The molecule has 0 bridgehead atoms. The second kappa shape index (κ2) is 7.08. The lowest BCUT2D eigenvalue weighted by atomic mass is 9.96. The molecule has 0 aliphatic heterocycles. The summed E-state index contributed by atoms with van der Waals surface area (Å²) in [4.78, 5) is 4.35. The Morgan fingerprint density at radius 3 is 2.64 bits per heavy atom. The lowest BCUT2D eigenvalue weighted by Gasteiger charge is -2.19. The smallest absolute Gasteiger partial charge is 0.191 e. The van der Waals surface area contributed by atoms with Crippen molar-refractivity contribution in [2.75, 3.05) is 13.6 Å². The maximum Gasteiger partial charge on any atom is 0.191 e. The van der Waals surface area contributed by atoms with Crippen molar-refractivity contribution in [3.05, 3.63) is 51.8 Å². The van der Waals surface area contributed by atoms with Gasteiger partial charge in [-0.2, -0.15) is 5.10 Å². The fourth-order valence-electron chi connectivity index (χ4n) is 3.26. The monoisotopic (exact) mass is 359 g/mol. The van der Waals surface area contributed by atoms with Gasteiger partial charge in [-0.05, 0) is 44.4 Å². The van der Waals surface area contributed by atoms with Gasteiger partial charge in [0.1, 0.15) is 0 Å². The zero-order valence-corrected chi connectivity index (χ0v) is 16.1. The minimum Gasteiger partial charge on any atom is -0.356 e. The van der Waals surface area contributed by atoms with Gasteiger partial charge >= 0.3 is 0 Å². The summed E-state index contributed by atoms with van der Waals surface area (Å²) in [6, 6.07) is 8.19. The third kappa shape index (κ3) is 3.82. The van der Waals surface area contributed by atoms with Gasteiger partial charge in [-0.3, -0.25) is 9.67 Å². The molecule has 5 nitrogen and oxygen atoms in total. The Labute approximate surface area is 154 Å². The Kier molecular flexibility index (Phi) is 5.04. The third-order valence-corrected chi connectivity index (χ3v) is 5.43. The molecule has 1 aliphatic carbocycles. The van der Waals surface area contributed by atoms with Gasteiger partial charge in [-0.15, -0.1) is 0 Å². The lowest BCUT2D eigenvalue weighted by molar-refractivity contribution is 0.645. The maximum absolute atomic E-state index is 6.15. The molecule has 1 aromatic carbocycles. The number of nitrogens with zero attached hydrogens (tertiary/aromatic N) is 3. The number of hydrogen-bond acceptors (Lipinski definition) is 2. The molecule has 6 heteroatoms. The van der Waals surface area contributed by atoms with E-state index in [1.54, 1.807) is 7.05 Å². The number of aryl methyl sites for hydroxylation is 2. The molecular formula is C19H26ClN5. The maximum atomic E-state index is 6.15. The van der Waals surface area contributed by atoms with Crippen LogP contribution in [0.5, 0.6) is 0 Å². The second-order valence-electron chi connectivity index (χ2n) is 6.84. The van der Waals surface area contributed by atoms with Gasteiger partial charge in [0.15, 0.2) is 5.96 Å². The van der Waals surface area contributed by atoms with Crippen LogP contribution in [0.25, 0.3) is 0 Å². The number of nitrogens with one attached hydrogen (secondary N) is 2.